The number of hydrogen-bond acceptors (Lipinski definition) is 4. The van der Waals surface area contributed by atoms with Crippen molar-refractivity contribution in [2.24, 2.45) is 0 Å². The molecule has 0 radical (unpaired) electrons. The van der Waals surface area contributed by atoms with Gasteiger partial charge >= 0.3 is 0 Å². The number of ether oxygens (including phenoxy) is 1. The summed E-state index contributed by atoms with van der Waals surface area (Å²) >= 11 is 0. The molecule has 27 heavy (non-hydrogen) atoms. The van der Waals surface area contributed by atoms with E-state index >= 15 is 0 Å². The zero-order chi connectivity index (χ0) is 19.1. The summed E-state index contributed by atoms with van der Waals surface area (Å²) in [6.07, 6.45) is 2.03. The third-order valence-corrected chi connectivity index (χ3v) is 4.13. The van der Waals surface area contributed by atoms with Crippen LogP contribution in [0.25, 0.3) is 0 Å². The summed E-state index contributed by atoms with van der Waals surface area (Å²) in [5, 5.41) is 2.93. The summed E-state index contributed by atoms with van der Waals surface area (Å²) < 4.78 is 11.0. The smallest absolute Gasteiger partial charge is 0.258 e. The number of amides is 1. The molecule has 5 nitrogen and oxygen atoms in total. The molecular formula is C22H21NO4. The summed E-state index contributed by atoms with van der Waals surface area (Å²) in [5.74, 6) is 0.987. The van der Waals surface area contributed by atoms with Crippen LogP contribution in [-0.4, -0.2) is 18.3 Å². The van der Waals surface area contributed by atoms with E-state index in [9.17, 15) is 9.59 Å². The van der Waals surface area contributed by atoms with Crippen molar-refractivity contribution in [3.63, 3.8) is 0 Å². The molecule has 1 N–H and O–H groups in total. The molecule has 5 heteroatoms. The first-order chi connectivity index (χ1) is 13.2. The van der Waals surface area contributed by atoms with Crippen LogP contribution in [0, 0.1) is 0 Å². The van der Waals surface area contributed by atoms with Crippen molar-refractivity contribution >= 4 is 11.7 Å². The van der Waals surface area contributed by atoms with Crippen molar-refractivity contribution in [1.82, 2.24) is 5.32 Å². The van der Waals surface area contributed by atoms with E-state index < -0.39 is 0 Å². The van der Waals surface area contributed by atoms with Crippen molar-refractivity contribution in [3.8, 4) is 5.75 Å². The first-order valence-electron chi connectivity index (χ1n) is 8.81. The minimum Gasteiger partial charge on any atom is -0.484 e. The number of Topliss-reactive ketones (excluding diaryl/α,β-unsaturated/α-hetero) is 1. The Balaban J connectivity index is 1.62. The first kappa shape index (κ1) is 18.5. The lowest BCUT2D eigenvalue weighted by atomic mass is 10.0. The van der Waals surface area contributed by atoms with Gasteiger partial charge in [-0.1, -0.05) is 37.3 Å². The predicted molar refractivity (Wildman–Crippen MR) is 102 cm³/mol. The molecule has 0 aliphatic heterocycles. The normalized spacial score (nSPS) is 11.6. The van der Waals surface area contributed by atoms with E-state index in [1.54, 1.807) is 36.6 Å². The van der Waals surface area contributed by atoms with Crippen LogP contribution in [0.5, 0.6) is 5.75 Å². The van der Waals surface area contributed by atoms with Crippen LogP contribution in [0.3, 0.4) is 0 Å². The monoisotopic (exact) mass is 363 g/mol. The molecular weight excluding hydrogens is 342 g/mol. The number of benzene rings is 2. The van der Waals surface area contributed by atoms with Crippen LogP contribution in [0.2, 0.25) is 0 Å². The molecule has 1 aromatic heterocycles. The fraction of sp³-hybridized carbons (Fsp3) is 0.182. The van der Waals surface area contributed by atoms with Gasteiger partial charge in [-0.05, 0) is 42.0 Å². The summed E-state index contributed by atoms with van der Waals surface area (Å²) in [7, 11) is 0. The lowest BCUT2D eigenvalue weighted by Gasteiger charge is -2.17. The van der Waals surface area contributed by atoms with Gasteiger partial charge in [0.2, 0.25) is 0 Å². The summed E-state index contributed by atoms with van der Waals surface area (Å²) in [4.78, 5) is 24.0. The Bertz CT molecular complexity index is 870. The second-order valence-corrected chi connectivity index (χ2v) is 6.02. The summed E-state index contributed by atoms with van der Waals surface area (Å²) in [6, 6.07) is 19.6. The maximum atomic E-state index is 12.4. The molecule has 0 saturated heterocycles. The number of furan rings is 1. The summed E-state index contributed by atoms with van der Waals surface area (Å²) in [5.41, 5.74) is 1.56. The van der Waals surface area contributed by atoms with Gasteiger partial charge in [-0.3, -0.25) is 9.59 Å². The topological polar surface area (TPSA) is 68.5 Å². The highest BCUT2D eigenvalue weighted by atomic mass is 16.5. The van der Waals surface area contributed by atoms with Gasteiger partial charge in [0.1, 0.15) is 17.6 Å². The highest BCUT2D eigenvalue weighted by Crippen LogP contribution is 2.22. The van der Waals surface area contributed by atoms with Gasteiger partial charge in [-0.15, -0.1) is 0 Å². The van der Waals surface area contributed by atoms with E-state index in [0.717, 1.165) is 5.56 Å². The summed E-state index contributed by atoms with van der Waals surface area (Å²) in [6.45, 7) is 1.68. The first-order valence-corrected chi connectivity index (χ1v) is 8.81. The van der Waals surface area contributed by atoms with E-state index in [2.05, 4.69) is 5.32 Å². The van der Waals surface area contributed by atoms with E-state index in [0.29, 0.717) is 23.5 Å². The van der Waals surface area contributed by atoms with Gasteiger partial charge in [-0.25, -0.2) is 0 Å². The molecule has 138 valence electrons. The van der Waals surface area contributed by atoms with Crippen LogP contribution in [0.1, 0.15) is 41.1 Å². The fourth-order valence-corrected chi connectivity index (χ4v) is 2.71. The number of rotatable bonds is 8. The predicted octanol–water partition coefficient (Wildman–Crippen LogP) is 4.16. The van der Waals surface area contributed by atoms with E-state index in [1.165, 1.54) is 0 Å². The van der Waals surface area contributed by atoms with Crippen LogP contribution in [-0.2, 0) is 4.79 Å². The van der Waals surface area contributed by atoms with Gasteiger partial charge in [0.25, 0.3) is 5.91 Å². The molecule has 2 aromatic carbocycles. The third kappa shape index (κ3) is 4.85. The quantitative estimate of drug-likeness (QED) is 0.610. The average Bonchev–Trinajstić information content (AvgIpc) is 3.25. The van der Waals surface area contributed by atoms with Crippen molar-refractivity contribution in [1.29, 1.82) is 0 Å². The van der Waals surface area contributed by atoms with Crippen molar-refractivity contribution in [2.75, 3.05) is 6.61 Å². The zero-order valence-electron chi connectivity index (χ0n) is 15.1. The number of ketones is 1. The molecule has 1 amide bonds. The molecule has 0 saturated carbocycles. The molecule has 0 spiro atoms. The molecule has 1 heterocycles. The number of hydrogen-bond donors (Lipinski definition) is 1. The number of nitrogens with one attached hydrogen (secondary N) is 1. The van der Waals surface area contributed by atoms with Crippen LogP contribution in [0.15, 0.2) is 77.4 Å². The number of carbonyl (C=O) groups is 2. The Morgan fingerprint density at radius 1 is 1.00 bits per heavy atom. The SMILES string of the molecule is CCC(=O)c1ccc(OCC(=O)N[C@@H](c2ccccc2)c2ccco2)cc1. The molecule has 0 unspecified atom stereocenters. The molecule has 0 fully saturated rings. The third-order valence-electron chi connectivity index (χ3n) is 4.13. The highest BCUT2D eigenvalue weighted by molar-refractivity contribution is 5.95. The Kier molecular flexibility index (Phi) is 6.05. The molecule has 0 aliphatic rings. The molecule has 0 bridgehead atoms. The Hall–Kier alpha value is -3.34. The molecule has 0 aliphatic carbocycles. The minimum absolute atomic E-state index is 0.0726. The fourth-order valence-electron chi connectivity index (χ4n) is 2.71. The molecule has 3 rings (SSSR count). The van der Waals surface area contributed by atoms with Gasteiger partial charge < -0.3 is 14.5 Å². The van der Waals surface area contributed by atoms with E-state index in [4.69, 9.17) is 9.15 Å². The van der Waals surface area contributed by atoms with Crippen LogP contribution < -0.4 is 10.1 Å². The van der Waals surface area contributed by atoms with Gasteiger partial charge in [0, 0.05) is 12.0 Å². The Labute approximate surface area is 158 Å². The molecule has 1 atom stereocenters. The van der Waals surface area contributed by atoms with Crippen molar-refractivity contribution < 1.29 is 18.7 Å². The van der Waals surface area contributed by atoms with Crippen molar-refractivity contribution in [3.05, 3.63) is 89.9 Å². The highest BCUT2D eigenvalue weighted by Gasteiger charge is 2.19. The largest absolute Gasteiger partial charge is 0.484 e. The standard InChI is InChI=1S/C22H21NO4/c1-2-19(24)16-10-12-18(13-11-16)27-15-21(25)23-22(20-9-6-14-26-20)17-7-4-3-5-8-17/h3-14,22H,2,15H2,1H3,(H,23,25)/t22-/m0/s1. The average molecular weight is 363 g/mol. The maximum absolute atomic E-state index is 12.4. The zero-order valence-corrected chi connectivity index (χ0v) is 15.1. The van der Waals surface area contributed by atoms with Crippen LogP contribution >= 0.6 is 0 Å². The Morgan fingerprint density at radius 3 is 2.37 bits per heavy atom. The van der Waals surface area contributed by atoms with Crippen molar-refractivity contribution in [2.45, 2.75) is 19.4 Å². The lowest BCUT2D eigenvalue weighted by Crippen LogP contribution is -2.33. The lowest BCUT2D eigenvalue weighted by molar-refractivity contribution is -0.123. The number of carbonyl (C=O) groups excluding carboxylic acids is 2. The van der Waals surface area contributed by atoms with Gasteiger partial charge in [0.15, 0.2) is 12.4 Å². The van der Waals surface area contributed by atoms with E-state index in [1.807, 2.05) is 43.3 Å². The van der Waals surface area contributed by atoms with E-state index in [-0.39, 0.29) is 24.3 Å². The van der Waals surface area contributed by atoms with Gasteiger partial charge in [-0.2, -0.15) is 0 Å². The minimum atomic E-state index is -0.387. The van der Waals surface area contributed by atoms with Gasteiger partial charge in [0.05, 0.1) is 6.26 Å². The Morgan fingerprint density at radius 2 is 1.74 bits per heavy atom. The van der Waals surface area contributed by atoms with Crippen LogP contribution in [0.4, 0.5) is 0 Å². The second-order valence-electron chi connectivity index (χ2n) is 6.02. The maximum Gasteiger partial charge on any atom is 0.258 e. The second kappa shape index (κ2) is 8.85. The molecule has 3 aromatic rings.